The summed E-state index contributed by atoms with van der Waals surface area (Å²) in [7, 11) is 3.24. The van der Waals surface area contributed by atoms with Gasteiger partial charge in [0.25, 0.3) is 0 Å². The summed E-state index contributed by atoms with van der Waals surface area (Å²) in [6.45, 7) is 0. The van der Waals surface area contributed by atoms with Crippen molar-refractivity contribution in [3.63, 3.8) is 0 Å². The molecule has 1 saturated carbocycles. The van der Waals surface area contributed by atoms with Crippen LogP contribution in [0.25, 0.3) is 0 Å². The Morgan fingerprint density at radius 2 is 1.65 bits per heavy atom. The van der Waals surface area contributed by atoms with E-state index in [0.717, 1.165) is 42.9 Å². The van der Waals surface area contributed by atoms with Crippen molar-refractivity contribution in [2.45, 2.75) is 31.7 Å². The van der Waals surface area contributed by atoms with E-state index in [1.165, 1.54) is 0 Å². The van der Waals surface area contributed by atoms with E-state index in [1.54, 1.807) is 14.2 Å². The molecule has 1 aliphatic carbocycles. The average molecular weight is 279 g/mol. The van der Waals surface area contributed by atoms with E-state index < -0.39 is 5.97 Å². The van der Waals surface area contributed by atoms with Gasteiger partial charge < -0.3 is 19.9 Å². The standard InChI is InChI=1S/C15H21NO4/c1-19-13-7-12(8-14(9-13)20-2)16-11-5-3-10(4-6-11)15(17)18/h7-11,16H,3-6H2,1-2H3,(H,17,18). The zero-order valence-electron chi connectivity index (χ0n) is 11.9. The number of carbonyl (C=O) groups is 1. The van der Waals surface area contributed by atoms with Crippen LogP contribution in [0.5, 0.6) is 11.5 Å². The van der Waals surface area contributed by atoms with Gasteiger partial charge in [-0.3, -0.25) is 4.79 Å². The summed E-state index contributed by atoms with van der Waals surface area (Å²) in [4.78, 5) is 10.9. The predicted molar refractivity (Wildman–Crippen MR) is 76.6 cm³/mol. The zero-order chi connectivity index (χ0) is 14.5. The molecule has 5 heteroatoms. The second-order valence-corrected chi connectivity index (χ2v) is 5.13. The van der Waals surface area contributed by atoms with Crippen LogP contribution in [0.2, 0.25) is 0 Å². The molecular weight excluding hydrogens is 258 g/mol. The van der Waals surface area contributed by atoms with Crippen molar-refractivity contribution in [2.75, 3.05) is 19.5 Å². The quantitative estimate of drug-likeness (QED) is 0.867. The van der Waals surface area contributed by atoms with Gasteiger partial charge in [-0.25, -0.2) is 0 Å². The molecule has 0 aromatic heterocycles. The van der Waals surface area contributed by atoms with Crippen molar-refractivity contribution in [1.82, 2.24) is 0 Å². The summed E-state index contributed by atoms with van der Waals surface area (Å²) in [5.74, 6) is 0.622. The van der Waals surface area contributed by atoms with Gasteiger partial charge in [0.2, 0.25) is 0 Å². The first-order valence-corrected chi connectivity index (χ1v) is 6.84. The summed E-state index contributed by atoms with van der Waals surface area (Å²) in [6, 6.07) is 5.98. The van der Waals surface area contributed by atoms with E-state index in [4.69, 9.17) is 14.6 Å². The Bertz CT molecular complexity index is 445. The normalized spacial score (nSPS) is 22.1. The highest BCUT2D eigenvalue weighted by Crippen LogP contribution is 2.30. The second-order valence-electron chi connectivity index (χ2n) is 5.13. The first-order chi connectivity index (χ1) is 9.62. The van der Waals surface area contributed by atoms with E-state index in [0.29, 0.717) is 6.04 Å². The molecule has 0 amide bonds. The molecule has 0 bridgehead atoms. The highest BCUT2D eigenvalue weighted by molar-refractivity contribution is 5.70. The first kappa shape index (κ1) is 14.5. The van der Waals surface area contributed by atoms with E-state index in [1.807, 2.05) is 18.2 Å². The van der Waals surface area contributed by atoms with Crippen LogP contribution in [0.3, 0.4) is 0 Å². The third-order valence-electron chi connectivity index (χ3n) is 3.80. The van der Waals surface area contributed by atoms with E-state index in [9.17, 15) is 4.79 Å². The van der Waals surface area contributed by atoms with Crippen LogP contribution < -0.4 is 14.8 Å². The van der Waals surface area contributed by atoms with Gasteiger partial charge in [-0.1, -0.05) is 0 Å². The summed E-state index contributed by atoms with van der Waals surface area (Å²) < 4.78 is 10.5. The minimum atomic E-state index is -0.675. The van der Waals surface area contributed by atoms with Crippen molar-refractivity contribution < 1.29 is 19.4 Å². The largest absolute Gasteiger partial charge is 0.497 e. The number of carboxylic acids is 1. The number of aliphatic carboxylic acids is 1. The molecule has 1 aromatic carbocycles. The summed E-state index contributed by atoms with van der Waals surface area (Å²) in [6.07, 6.45) is 3.20. The molecular formula is C15H21NO4. The number of hydrogen-bond donors (Lipinski definition) is 2. The number of benzene rings is 1. The Labute approximate surface area is 118 Å². The zero-order valence-corrected chi connectivity index (χ0v) is 11.9. The van der Waals surface area contributed by atoms with Crippen LogP contribution in [0.4, 0.5) is 5.69 Å². The highest BCUT2D eigenvalue weighted by Gasteiger charge is 2.25. The van der Waals surface area contributed by atoms with Crippen molar-refractivity contribution in [1.29, 1.82) is 0 Å². The summed E-state index contributed by atoms with van der Waals surface area (Å²) in [5, 5.41) is 12.4. The number of nitrogens with one attached hydrogen (secondary N) is 1. The minimum absolute atomic E-state index is 0.187. The van der Waals surface area contributed by atoms with Crippen LogP contribution >= 0.6 is 0 Å². The lowest BCUT2D eigenvalue weighted by Gasteiger charge is -2.27. The summed E-state index contributed by atoms with van der Waals surface area (Å²) >= 11 is 0. The molecule has 0 saturated heterocycles. The van der Waals surface area contributed by atoms with Gasteiger partial charge in [-0.15, -0.1) is 0 Å². The molecule has 0 heterocycles. The molecule has 0 radical (unpaired) electrons. The molecule has 1 fully saturated rings. The lowest BCUT2D eigenvalue weighted by atomic mass is 9.86. The number of hydrogen-bond acceptors (Lipinski definition) is 4. The van der Waals surface area contributed by atoms with Crippen LogP contribution in [0.1, 0.15) is 25.7 Å². The Morgan fingerprint density at radius 3 is 2.10 bits per heavy atom. The fraction of sp³-hybridized carbons (Fsp3) is 0.533. The van der Waals surface area contributed by atoms with Gasteiger partial charge in [0, 0.05) is 29.9 Å². The predicted octanol–water partition coefficient (Wildman–Crippen LogP) is 2.76. The third kappa shape index (κ3) is 3.56. The maximum Gasteiger partial charge on any atom is 0.306 e. The van der Waals surface area contributed by atoms with Crippen LogP contribution in [-0.2, 0) is 4.79 Å². The fourth-order valence-electron chi connectivity index (χ4n) is 2.61. The Kier molecular flexibility index (Phi) is 4.71. The van der Waals surface area contributed by atoms with Crippen molar-refractivity contribution >= 4 is 11.7 Å². The van der Waals surface area contributed by atoms with Crippen LogP contribution in [0.15, 0.2) is 18.2 Å². The molecule has 20 heavy (non-hydrogen) atoms. The second kappa shape index (κ2) is 6.50. The van der Waals surface area contributed by atoms with E-state index in [-0.39, 0.29) is 5.92 Å². The molecule has 2 N–H and O–H groups in total. The maximum atomic E-state index is 10.9. The van der Waals surface area contributed by atoms with Crippen molar-refractivity contribution in [2.24, 2.45) is 5.92 Å². The molecule has 1 aromatic rings. The third-order valence-corrected chi connectivity index (χ3v) is 3.80. The Balaban J connectivity index is 1.98. The van der Waals surface area contributed by atoms with Gasteiger partial charge in [0.1, 0.15) is 11.5 Å². The summed E-state index contributed by atoms with van der Waals surface area (Å²) in [5.41, 5.74) is 0.944. The number of carboxylic acid groups (broad SMARTS) is 1. The monoisotopic (exact) mass is 279 g/mol. The van der Waals surface area contributed by atoms with Crippen LogP contribution in [-0.4, -0.2) is 31.3 Å². The van der Waals surface area contributed by atoms with Gasteiger partial charge in [-0.05, 0) is 25.7 Å². The van der Waals surface area contributed by atoms with Crippen molar-refractivity contribution in [3.8, 4) is 11.5 Å². The lowest BCUT2D eigenvalue weighted by molar-refractivity contribution is -0.142. The maximum absolute atomic E-state index is 10.9. The van der Waals surface area contributed by atoms with E-state index in [2.05, 4.69) is 5.32 Å². The molecule has 1 aliphatic rings. The molecule has 110 valence electrons. The molecule has 5 nitrogen and oxygen atoms in total. The molecule has 0 spiro atoms. The minimum Gasteiger partial charge on any atom is -0.497 e. The van der Waals surface area contributed by atoms with Gasteiger partial charge in [-0.2, -0.15) is 0 Å². The Hall–Kier alpha value is -1.91. The number of anilines is 1. The number of ether oxygens (including phenoxy) is 2. The molecule has 0 unspecified atom stereocenters. The van der Waals surface area contributed by atoms with E-state index >= 15 is 0 Å². The Morgan fingerprint density at radius 1 is 1.10 bits per heavy atom. The topological polar surface area (TPSA) is 67.8 Å². The first-order valence-electron chi connectivity index (χ1n) is 6.84. The molecule has 2 rings (SSSR count). The lowest BCUT2D eigenvalue weighted by Crippen LogP contribution is -2.29. The van der Waals surface area contributed by atoms with Gasteiger partial charge >= 0.3 is 5.97 Å². The average Bonchev–Trinajstić information content (AvgIpc) is 2.47. The van der Waals surface area contributed by atoms with Crippen molar-refractivity contribution in [3.05, 3.63) is 18.2 Å². The van der Waals surface area contributed by atoms with Crippen LogP contribution in [0, 0.1) is 5.92 Å². The fourth-order valence-corrected chi connectivity index (χ4v) is 2.61. The number of rotatable bonds is 5. The SMILES string of the molecule is COc1cc(NC2CCC(C(=O)O)CC2)cc(OC)c1. The molecule has 0 aliphatic heterocycles. The van der Waals surface area contributed by atoms with Gasteiger partial charge in [0.05, 0.1) is 20.1 Å². The number of methoxy groups -OCH3 is 2. The van der Waals surface area contributed by atoms with Gasteiger partial charge in [0.15, 0.2) is 0 Å². The highest BCUT2D eigenvalue weighted by atomic mass is 16.5. The smallest absolute Gasteiger partial charge is 0.306 e. The molecule has 0 atom stereocenters.